The van der Waals surface area contributed by atoms with E-state index >= 15 is 0 Å². The maximum atomic E-state index is 13.3. The minimum atomic E-state index is -0.0527. The summed E-state index contributed by atoms with van der Waals surface area (Å²) in [6.07, 6.45) is 11.7. The van der Waals surface area contributed by atoms with Crippen LogP contribution in [-0.4, -0.2) is 22.7 Å². The molecule has 26 heavy (non-hydrogen) atoms. The third-order valence-electron chi connectivity index (χ3n) is 6.97. The van der Waals surface area contributed by atoms with Crippen LogP contribution in [0, 0.1) is 29.1 Å². The van der Waals surface area contributed by atoms with Crippen molar-refractivity contribution in [3.63, 3.8) is 0 Å². The maximum Gasteiger partial charge on any atom is 0.253 e. The van der Waals surface area contributed by atoms with E-state index in [-0.39, 0.29) is 11.4 Å². The number of hydrogen-bond donors (Lipinski definition) is 1. The minimum Gasteiger partial charge on any atom is -0.347 e. The average Bonchev–Trinajstić information content (AvgIpc) is 3.43. The molecule has 0 spiro atoms. The second kappa shape index (κ2) is 5.99. The number of carbonyl (C=O) groups excluding carboxylic acids is 1. The van der Waals surface area contributed by atoms with Crippen LogP contribution in [0.2, 0.25) is 0 Å². The standard InChI is InChI=1S/C21H25N3OS/c1-26-20-17(11-22)16(7-18(23-20)15-2-3-15)19(25)24-21-8-12-4-13(9-21)6-14(5-12)10-21/h7,12-15H,2-6,8-10H2,1H3,(H,24,25). The SMILES string of the molecule is CSc1nc(C2CC2)cc(C(=O)NC23CC4CC(CC(C4)C2)C3)c1C#N. The molecule has 1 heterocycles. The molecule has 5 heteroatoms. The zero-order valence-corrected chi connectivity index (χ0v) is 16.1. The lowest BCUT2D eigenvalue weighted by Crippen LogP contribution is -2.59. The lowest BCUT2D eigenvalue weighted by Gasteiger charge is -2.56. The van der Waals surface area contributed by atoms with Crippen LogP contribution >= 0.6 is 11.8 Å². The van der Waals surface area contributed by atoms with Gasteiger partial charge in [0.15, 0.2) is 0 Å². The number of hydrogen-bond acceptors (Lipinski definition) is 4. The highest BCUT2D eigenvalue weighted by molar-refractivity contribution is 7.98. The van der Waals surface area contributed by atoms with Crippen LogP contribution in [0.1, 0.15) is 78.9 Å². The Balaban J connectivity index is 1.47. The number of rotatable bonds is 4. The second-order valence-corrected chi connectivity index (χ2v) is 9.81. The van der Waals surface area contributed by atoms with Crippen LogP contribution in [0.4, 0.5) is 0 Å². The average molecular weight is 368 g/mol. The summed E-state index contributed by atoms with van der Waals surface area (Å²) < 4.78 is 0. The van der Waals surface area contributed by atoms with Crippen molar-refractivity contribution >= 4 is 17.7 Å². The van der Waals surface area contributed by atoms with Crippen molar-refractivity contribution in [2.24, 2.45) is 17.8 Å². The Morgan fingerprint density at radius 3 is 2.35 bits per heavy atom. The molecule has 4 nitrogen and oxygen atoms in total. The number of carbonyl (C=O) groups is 1. The highest BCUT2D eigenvalue weighted by Crippen LogP contribution is 2.55. The van der Waals surface area contributed by atoms with Crippen molar-refractivity contribution in [2.75, 3.05) is 6.26 Å². The van der Waals surface area contributed by atoms with Gasteiger partial charge in [0.1, 0.15) is 11.1 Å². The molecule has 0 aliphatic heterocycles. The zero-order valence-electron chi connectivity index (χ0n) is 15.3. The minimum absolute atomic E-state index is 0.0267. The number of nitrogens with one attached hydrogen (secondary N) is 1. The van der Waals surface area contributed by atoms with E-state index in [1.807, 2.05) is 12.3 Å². The van der Waals surface area contributed by atoms with Gasteiger partial charge in [0, 0.05) is 17.2 Å². The molecule has 5 aliphatic rings. The lowest BCUT2D eigenvalue weighted by molar-refractivity contribution is -0.0167. The van der Waals surface area contributed by atoms with Crippen LogP contribution in [-0.2, 0) is 0 Å². The molecule has 0 radical (unpaired) electrons. The van der Waals surface area contributed by atoms with E-state index in [0.29, 0.717) is 22.1 Å². The molecule has 1 aromatic heterocycles. The predicted molar refractivity (Wildman–Crippen MR) is 101 cm³/mol. The van der Waals surface area contributed by atoms with Crippen molar-refractivity contribution in [3.05, 3.63) is 22.9 Å². The molecule has 6 rings (SSSR count). The van der Waals surface area contributed by atoms with Crippen molar-refractivity contribution in [1.82, 2.24) is 10.3 Å². The fourth-order valence-corrected chi connectivity index (χ4v) is 6.69. The molecule has 5 aliphatic carbocycles. The number of aromatic nitrogens is 1. The van der Waals surface area contributed by atoms with Crippen molar-refractivity contribution in [2.45, 2.75) is 67.8 Å². The van der Waals surface area contributed by atoms with Gasteiger partial charge in [-0.15, -0.1) is 11.8 Å². The number of thioether (sulfide) groups is 1. The number of nitriles is 1. The maximum absolute atomic E-state index is 13.3. The van der Waals surface area contributed by atoms with Crippen LogP contribution in [0.15, 0.2) is 11.1 Å². The van der Waals surface area contributed by atoms with E-state index < -0.39 is 0 Å². The van der Waals surface area contributed by atoms with Crippen molar-refractivity contribution < 1.29 is 4.79 Å². The highest BCUT2D eigenvalue weighted by Gasteiger charge is 2.51. The number of amides is 1. The van der Waals surface area contributed by atoms with Gasteiger partial charge in [-0.2, -0.15) is 5.26 Å². The fourth-order valence-electron chi connectivity index (χ4n) is 6.14. The van der Waals surface area contributed by atoms with Crippen LogP contribution in [0.5, 0.6) is 0 Å². The van der Waals surface area contributed by atoms with Gasteiger partial charge in [0.2, 0.25) is 0 Å². The predicted octanol–water partition coefficient (Wildman–Crippen LogP) is 4.25. The molecule has 5 fully saturated rings. The molecule has 0 atom stereocenters. The van der Waals surface area contributed by atoms with E-state index in [1.165, 1.54) is 31.0 Å². The first kappa shape index (κ1) is 16.6. The summed E-state index contributed by atoms with van der Waals surface area (Å²) in [5, 5.41) is 13.8. The summed E-state index contributed by atoms with van der Waals surface area (Å²) in [5.41, 5.74) is 1.96. The smallest absolute Gasteiger partial charge is 0.253 e. The van der Waals surface area contributed by atoms with Gasteiger partial charge in [0.05, 0.1) is 11.1 Å². The molecule has 5 saturated carbocycles. The Kier molecular flexibility index (Phi) is 3.83. The summed E-state index contributed by atoms with van der Waals surface area (Å²) in [6, 6.07) is 4.14. The number of pyridine rings is 1. The summed E-state index contributed by atoms with van der Waals surface area (Å²) in [4.78, 5) is 17.9. The highest BCUT2D eigenvalue weighted by atomic mass is 32.2. The van der Waals surface area contributed by atoms with Gasteiger partial charge in [-0.05, 0) is 81.4 Å². The monoisotopic (exact) mass is 367 g/mol. The Morgan fingerprint density at radius 1 is 1.23 bits per heavy atom. The first-order valence-electron chi connectivity index (χ1n) is 9.90. The molecular formula is C21H25N3OS. The van der Waals surface area contributed by atoms with Crippen LogP contribution < -0.4 is 5.32 Å². The molecule has 0 saturated heterocycles. The lowest BCUT2D eigenvalue weighted by atomic mass is 9.53. The Hall–Kier alpha value is -1.54. The first-order valence-corrected chi connectivity index (χ1v) is 11.1. The van der Waals surface area contributed by atoms with Gasteiger partial charge in [-0.25, -0.2) is 4.98 Å². The number of nitrogens with zero attached hydrogens (tertiary/aromatic N) is 2. The quantitative estimate of drug-likeness (QED) is 0.808. The molecular weight excluding hydrogens is 342 g/mol. The largest absolute Gasteiger partial charge is 0.347 e. The van der Waals surface area contributed by atoms with Gasteiger partial charge in [-0.3, -0.25) is 4.79 Å². The topological polar surface area (TPSA) is 65.8 Å². The molecule has 1 amide bonds. The van der Waals surface area contributed by atoms with E-state index in [9.17, 15) is 10.1 Å². The summed E-state index contributed by atoms with van der Waals surface area (Å²) in [7, 11) is 0. The van der Waals surface area contributed by atoms with E-state index in [4.69, 9.17) is 0 Å². The summed E-state index contributed by atoms with van der Waals surface area (Å²) in [6.45, 7) is 0. The second-order valence-electron chi connectivity index (χ2n) is 9.02. The molecule has 1 N–H and O–H groups in total. The van der Waals surface area contributed by atoms with E-state index in [1.54, 1.807) is 0 Å². The van der Waals surface area contributed by atoms with Gasteiger partial charge < -0.3 is 5.32 Å². The molecule has 0 aromatic carbocycles. The van der Waals surface area contributed by atoms with Crippen molar-refractivity contribution in [1.29, 1.82) is 5.26 Å². The Bertz CT molecular complexity index is 773. The molecule has 0 unspecified atom stereocenters. The zero-order chi connectivity index (χ0) is 17.9. The normalized spacial score (nSPS) is 34.5. The molecule has 4 bridgehead atoms. The Labute approximate surface area is 159 Å². The van der Waals surface area contributed by atoms with Crippen LogP contribution in [0.3, 0.4) is 0 Å². The fraction of sp³-hybridized carbons (Fsp3) is 0.667. The van der Waals surface area contributed by atoms with Gasteiger partial charge in [-0.1, -0.05) is 0 Å². The summed E-state index contributed by atoms with van der Waals surface area (Å²) >= 11 is 1.47. The summed E-state index contributed by atoms with van der Waals surface area (Å²) in [5.74, 6) is 2.79. The van der Waals surface area contributed by atoms with E-state index in [2.05, 4.69) is 16.4 Å². The molecule has 1 aromatic rings. The Morgan fingerprint density at radius 2 is 1.85 bits per heavy atom. The third kappa shape index (κ3) is 2.74. The van der Waals surface area contributed by atoms with Gasteiger partial charge in [0.25, 0.3) is 5.91 Å². The molecule has 136 valence electrons. The van der Waals surface area contributed by atoms with Crippen LogP contribution in [0.25, 0.3) is 0 Å². The van der Waals surface area contributed by atoms with E-state index in [0.717, 1.165) is 55.6 Å². The van der Waals surface area contributed by atoms with Crippen molar-refractivity contribution in [3.8, 4) is 6.07 Å². The third-order valence-corrected chi connectivity index (χ3v) is 7.65. The first-order chi connectivity index (χ1) is 12.6. The van der Waals surface area contributed by atoms with Gasteiger partial charge >= 0.3 is 0 Å².